The van der Waals surface area contributed by atoms with Gasteiger partial charge in [0.15, 0.2) is 5.83 Å². The third-order valence-electron chi connectivity index (χ3n) is 2.71. The van der Waals surface area contributed by atoms with Crippen molar-refractivity contribution >= 4 is 0 Å². The molecular formula is C9F14. The van der Waals surface area contributed by atoms with Gasteiger partial charge in [0.25, 0.3) is 6.08 Å². The van der Waals surface area contributed by atoms with Gasteiger partial charge < -0.3 is 0 Å². The van der Waals surface area contributed by atoms with E-state index in [4.69, 9.17) is 0 Å². The fourth-order valence-electron chi connectivity index (χ4n) is 1.57. The molecule has 0 N–H and O–H groups in total. The summed E-state index contributed by atoms with van der Waals surface area (Å²) in [5.74, 6) is -32.3. The Hall–Kier alpha value is -1.50. The topological polar surface area (TPSA) is 0 Å². The average molecular weight is 374 g/mol. The molecule has 0 saturated heterocycles. The first-order valence-corrected chi connectivity index (χ1v) is 4.90. The zero-order valence-electron chi connectivity index (χ0n) is 9.79. The lowest BCUT2D eigenvalue weighted by Gasteiger charge is -2.40. The van der Waals surface area contributed by atoms with E-state index in [1.165, 1.54) is 0 Å². The molecular weight excluding hydrogens is 374 g/mol. The van der Waals surface area contributed by atoms with Gasteiger partial charge in [-0.05, 0) is 0 Å². The van der Waals surface area contributed by atoms with Crippen LogP contribution in [0.2, 0.25) is 0 Å². The van der Waals surface area contributed by atoms with Crippen molar-refractivity contribution in [2.75, 3.05) is 0 Å². The van der Waals surface area contributed by atoms with E-state index in [0.717, 1.165) is 0 Å². The molecule has 0 bridgehead atoms. The van der Waals surface area contributed by atoms with Gasteiger partial charge in [-0.25, -0.2) is 4.39 Å². The number of alkyl halides is 11. The summed E-state index contributed by atoms with van der Waals surface area (Å²) in [4.78, 5) is 0. The number of halogens is 14. The lowest BCUT2D eigenvalue weighted by molar-refractivity contribution is -0.303. The van der Waals surface area contributed by atoms with Crippen LogP contribution in [-0.2, 0) is 0 Å². The minimum Gasteiger partial charge on any atom is -0.204 e. The molecule has 0 amide bonds. The summed E-state index contributed by atoms with van der Waals surface area (Å²) in [6.07, 6.45) is -11.4. The van der Waals surface area contributed by atoms with Crippen molar-refractivity contribution in [2.24, 2.45) is 0 Å². The molecule has 0 aromatic rings. The zero-order chi connectivity index (χ0) is 18.8. The number of hydrogen-bond donors (Lipinski definition) is 0. The predicted octanol–water partition coefficient (Wildman–Crippen LogP) is 5.48. The summed E-state index contributed by atoms with van der Waals surface area (Å²) in [6, 6.07) is 0. The van der Waals surface area contributed by atoms with Crippen molar-refractivity contribution in [1.82, 2.24) is 0 Å². The summed E-state index contributed by atoms with van der Waals surface area (Å²) in [7, 11) is 0. The molecule has 1 aliphatic carbocycles. The van der Waals surface area contributed by atoms with Gasteiger partial charge >= 0.3 is 29.9 Å². The second-order valence-corrected chi connectivity index (χ2v) is 4.12. The number of allylic oxidation sites excluding steroid dienone is 3. The van der Waals surface area contributed by atoms with Gasteiger partial charge in [0.05, 0.1) is 5.57 Å². The Morgan fingerprint density at radius 2 is 1.13 bits per heavy atom. The van der Waals surface area contributed by atoms with Crippen molar-refractivity contribution in [2.45, 2.75) is 29.9 Å². The molecule has 1 rings (SSSR count). The van der Waals surface area contributed by atoms with Crippen molar-refractivity contribution in [1.29, 1.82) is 0 Å². The molecule has 0 radical (unpaired) electrons. The molecule has 134 valence electrons. The van der Waals surface area contributed by atoms with Crippen LogP contribution in [0.5, 0.6) is 0 Å². The smallest absolute Gasteiger partial charge is 0.204 e. The van der Waals surface area contributed by atoms with E-state index in [9.17, 15) is 61.5 Å². The second kappa shape index (κ2) is 4.75. The van der Waals surface area contributed by atoms with Crippen LogP contribution in [0.1, 0.15) is 0 Å². The third kappa shape index (κ3) is 2.28. The lowest BCUT2D eigenvalue weighted by atomic mass is 9.81. The Balaban J connectivity index is 4.03. The molecule has 0 saturated carbocycles. The van der Waals surface area contributed by atoms with Crippen LogP contribution in [-0.4, -0.2) is 29.9 Å². The molecule has 0 spiro atoms. The summed E-state index contributed by atoms with van der Waals surface area (Å²) < 4.78 is 177. The van der Waals surface area contributed by atoms with Crippen molar-refractivity contribution in [3.63, 3.8) is 0 Å². The van der Waals surface area contributed by atoms with Crippen molar-refractivity contribution in [3.05, 3.63) is 23.1 Å². The van der Waals surface area contributed by atoms with E-state index in [2.05, 4.69) is 0 Å². The molecule has 0 aromatic carbocycles. The molecule has 0 aromatic heterocycles. The Morgan fingerprint density at radius 1 is 0.739 bits per heavy atom. The third-order valence-corrected chi connectivity index (χ3v) is 2.71. The van der Waals surface area contributed by atoms with Gasteiger partial charge in [-0.1, -0.05) is 0 Å². The van der Waals surface area contributed by atoms with Gasteiger partial charge in [0, 0.05) is 0 Å². The van der Waals surface area contributed by atoms with Gasteiger partial charge in [-0.3, -0.25) is 0 Å². The standard InChI is InChI=1S/C9F14/c10-3-1(6(15,16)9(21,22)23)2(4(11)12)5(13,14)8(19,20)7(3,17)18. The second-order valence-electron chi connectivity index (χ2n) is 4.12. The van der Waals surface area contributed by atoms with Gasteiger partial charge in [-0.15, -0.1) is 0 Å². The Morgan fingerprint density at radius 3 is 1.43 bits per heavy atom. The average Bonchev–Trinajstić information content (AvgIpc) is 2.30. The molecule has 23 heavy (non-hydrogen) atoms. The molecule has 0 fully saturated rings. The van der Waals surface area contributed by atoms with E-state index < -0.39 is 52.9 Å². The van der Waals surface area contributed by atoms with Crippen LogP contribution in [0.3, 0.4) is 0 Å². The highest BCUT2D eigenvalue weighted by molar-refractivity contribution is 5.52. The summed E-state index contributed by atoms with van der Waals surface area (Å²) in [6.45, 7) is 0. The molecule has 0 unspecified atom stereocenters. The van der Waals surface area contributed by atoms with Gasteiger partial charge in [0.2, 0.25) is 0 Å². The van der Waals surface area contributed by atoms with Crippen molar-refractivity contribution in [3.8, 4) is 0 Å². The predicted molar refractivity (Wildman–Crippen MR) is 43.2 cm³/mol. The van der Waals surface area contributed by atoms with E-state index in [1.54, 1.807) is 0 Å². The maximum atomic E-state index is 13.1. The summed E-state index contributed by atoms with van der Waals surface area (Å²) in [5.41, 5.74) is -8.39. The molecule has 0 aliphatic heterocycles. The minimum absolute atomic E-state index is 4.15. The van der Waals surface area contributed by atoms with Crippen LogP contribution >= 0.6 is 0 Å². The first-order chi connectivity index (χ1) is 9.85. The number of rotatable bonds is 1. The maximum Gasteiger partial charge on any atom is 0.458 e. The maximum absolute atomic E-state index is 13.1. The number of hydrogen-bond acceptors (Lipinski definition) is 0. The zero-order valence-corrected chi connectivity index (χ0v) is 9.79. The van der Waals surface area contributed by atoms with Gasteiger partial charge in [-0.2, -0.15) is 57.1 Å². The summed E-state index contributed by atoms with van der Waals surface area (Å²) >= 11 is 0. The van der Waals surface area contributed by atoms with Crippen LogP contribution in [0.15, 0.2) is 23.1 Å². The molecule has 14 heteroatoms. The quantitative estimate of drug-likeness (QED) is 0.534. The van der Waals surface area contributed by atoms with E-state index in [-0.39, 0.29) is 0 Å². The highest BCUT2D eigenvalue weighted by Gasteiger charge is 2.82. The fourth-order valence-corrected chi connectivity index (χ4v) is 1.57. The highest BCUT2D eigenvalue weighted by atomic mass is 19.4. The largest absolute Gasteiger partial charge is 0.458 e. The Kier molecular flexibility index (Phi) is 4.04. The normalized spacial score (nSPS) is 24.0. The van der Waals surface area contributed by atoms with Crippen molar-refractivity contribution < 1.29 is 61.5 Å². The van der Waals surface area contributed by atoms with E-state index >= 15 is 0 Å². The minimum atomic E-state index is -7.10. The Bertz CT molecular complexity index is 570. The van der Waals surface area contributed by atoms with Crippen LogP contribution in [0.25, 0.3) is 0 Å². The molecule has 0 atom stereocenters. The summed E-state index contributed by atoms with van der Waals surface area (Å²) in [5, 5.41) is 0. The Labute approximate surface area is 116 Å². The van der Waals surface area contributed by atoms with Crippen LogP contribution < -0.4 is 0 Å². The molecule has 0 heterocycles. The fraction of sp³-hybridized carbons (Fsp3) is 0.556. The first kappa shape index (κ1) is 19.5. The van der Waals surface area contributed by atoms with E-state index in [0.29, 0.717) is 0 Å². The monoisotopic (exact) mass is 374 g/mol. The SMILES string of the molecule is FC(F)=C1C(C(F)(F)C(F)(F)F)=C(F)C(F)(F)C(F)(F)C1(F)F. The van der Waals surface area contributed by atoms with E-state index in [1.807, 2.05) is 0 Å². The lowest BCUT2D eigenvalue weighted by Crippen LogP contribution is -2.61. The molecule has 0 nitrogen and oxygen atoms in total. The van der Waals surface area contributed by atoms with Crippen LogP contribution in [0, 0.1) is 0 Å². The molecule has 1 aliphatic rings. The highest BCUT2D eigenvalue weighted by Crippen LogP contribution is 2.63. The van der Waals surface area contributed by atoms with Crippen LogP contribution in [0.4, 0.5) is 61.5 Å². The van der Waals surface area contributed by atoms with Gasteiger partial charge in [0.1, 0.15) is 5.57 Å². The first-order valence-electron chi connectivity index (χ1n) is 4.90.